The van der Waals surface area contributed by atoms with Crippen LogP contribution in [0.2, 0.25) is 0 Å². The van der Waals surface area contributed by atoms with E-state index in [1.165, 1.54) is 6.20 Å². The molecule has 3 aromatic heterocycles. The number of carbonyl (C=O) groups excluding carboxylic acids is 1. The monoisotopic (exact) mass is 547 g/mol. The van der Waals surface area contributed by atoms with Crippen LogP contribution in [0.3, 0.4) is 0 Å². The SMILES string of the molecule is COc1cc(-c2cccc3cc(C(C)Nc4nc(N)ncc4C(=O)NC4CC4)n(-c4ccccc4)c(=O)c23)ccn1. The first-order valence-electron chi connectivity index (χ1n) is 13.4. The van der Waals surface area contributed by atoms with Crippen LogP contribution in [-0.2, 0) is 0 Å². The van der Waals surface area contributed by atoms with E-state index in [-0.39, 0.29) is 23.5 Å². The number of hydrogen-bond donors (Lipinski definition) is 3. The summed E-state index contributed by atoms with van der Waals surface area (Å²) in [5, 5.41) is 7.64. The summed E-state index contributed by atoms with van der Waals surface area (Å²) >= 11 is 0. The third-order valence-corrected chi connectivity index (χ3v) is 7.11. The smallest absolute Gasteiger partial charge is 0.263 e. The van der Waals surface area contributed by atoms with Crippen molar-refractivity contribution in [2.24, 2.45) is 0 Å². The number of rotatable bonds is 8. The van der Waals surface area contributed by atoms with Gasteiger partial charge in [0.1, 0.15) is 11.4 Å². The number of ether oxygens (including phenoxy) is 1. The summed E-state index contributed by atoms with van der Waals surface area (Å²) in [7, 11) is 1.56. The number of benzene rings is 2. The molecule has 41 heavy (non-hydrogen) atoms. The maximum Gasteiger partial charge on any atom is 0.263 e. The number of nitrogen functional groups attached to an aromatic ring is 1. The van der Waals surface area contributed by atoms with E-state index in [2.05, 4.69) is 25.6 Å². The number of pyridine rings is 2. The Hall–Kier alpha value is -5.25. The summed E-state index contributed by atoms with van der Waals surface area (Å²) in [6, 6.07) is 20.6. The molecule has 1 aliphatic rings. The van der Waals surface area contributed by atoms with Gasteiger partial charge in [0.2, 0.25) is 11.8 Å². The molecule has 10 heteroatoms. The second-order valence-corrected chi connectivity index (χ2v) is 10.0. The van der Waals surface area contributed by atoms with Crippen LogP contribution in [0.4, 0.5) is 11.8 Å². The van der Waals surface area contributed by atoms with Crippen LogP contribution in [0.15, 0.2) is 83.9 Å². The zero-order valence-electron chi connectivity index (χ0n) is 22.7. The van der Waals surface area contributed by atoms with Gasteiger partial charge in [0.25, 0.3) is 11.5 Å². The quantitative estimate of drug-likeness (QED) is 0.258. The van der Waals surface area contributed by atoms with Gasteiger partial charge in [-0.1, -0.05) is 36.4 Å². The van der Waals surface area contributed by atoms with Crippen molar-refractivity contribution in [3.63, 3.8) is 0 Å². The van der Waals surface area contributed by atoms with Crippen LogP contribution in [-0.4, -0.2) is 38.6 Å². The first-order valence-corrected chi connectivity index (χ1v) is 13.4. The van der Waals surface area contributed by atoms with E-state index in [0.29, 0.717) is 34.0 Å². The number of anilines is 2. The molecule has 6 rings (SSSR count). The highest BCUT2D eigenvalue weighted by molar-refractivity contribution is 5.99. The van der Waals surface area contributed by atoms with Gasteiger partial charge in [-0.15, -0.1) is 0 Å². The molecule has 1 unspecified atom stereocenters. The number of nitrogens with one attached hydrogen (secondary N) is 2. The average Bonchev–Trinajstić information content (AvgIpc) is 3.81. The van der Waals surface area contributed by atoms with E-state index in [4.69, 9.17) is 10.5 Å². The number of para-hydroxylation sites is 1. The molecule has 206 valence electrons. The number of hydrogen-bond acceptors (Lipinski definition) is 8. The van der Waals surface area contributed by atoms with E-state index < -0.39 is 6.04 Å². The maximum atomic E-state index is 14.4. The Morgan fingerprint density at radius 3 is 2.63 bits per heavy atom. The summed E-state index contributed by atoms with van der Waals surface area (Å²) in [6.07, 6.45) is 4.99. The van der Waals surface area contributed by atoms with Crippen molar-refractivity contribution in [3.05, 3.63) is 101 Å². The van der Waals surface area contributed by atoms with Crippen molar-refractivity contribution in [2.45, 2.75) is 31.8 Å². The van der Waals surface area contributed by atoms with Gasteiger partial charge in [-0.25, -0.2) is 9.97 Å². The van der Waals surface area contributed by atoms with Crippen molar-refractivity contribution < 1.29 is 9.53 Å². The van der Waals surface area contributed by atoms with Crippen molar-refractivity contribution in [1.82, 2.24) is 24.8 Å². The highest BCUT2D eigenvalue weighted by Gasteiger charge is 2.27. The lowest BCUT2D eigenvalue weighted by Crippen LogP contribution is -2.29. The normalized spacial score (nSPS) is 13.5. The molecule has 1 atom stereocenters. The van der Waals surface area contributed by atoms with Gasteiger partial charge in [0.15, 0.2) is 0 Å². The van der Waals surface area contributed by atoms with Crippen LogP contribution in [0.25, 0.3) is 27.6 Å². The van der Waals surface area contributed by atoms with Gasteiger partial charge in [0, 0.05) is 35.9 Å². The van der Waals surface area contributed by atoms with E-state index in [9.17, 15) is 9.59 Å². The Morgan fingerprint density at radius 1 is 1.07 bits per heavy atom. The first kappa shape index (κ1) is 26.0. The average molecular weight is 548 g/mol. The first-order chi connectivity index (χ1) is 19.9. The summed E-state index contributed by atoms with van der Waals surface area (Å²) in [5.74, 6) is 0.536. The minimum atomic E-state index is -0.446. The number of carbonyl (C=O) groups is 1. The fourth-order valence-corrected chi connectivity index (χ4v) is 4.91. The Bertz CT molecular complexity index is 1820. The highest BCUT2D eigenvalue weighted by Crippen LogP contribution is 2.31. The molecule has 4 N–H and O–H groups in total. The molecule has 1 aliphatic carbocycles. The van der Waals surface area contributed by atoms with Gasteiger partial charge < -0.3 is 21.1 Å². The third kappa shape index (κ3) is 5.19. The van der Waals surface area contributed by atoms with Gasteiger partial charge in [0.05, 0.1) is 18.5 Å². The fraction of sp³-hybridized carbons (Fsp3) is 0.194. The number of fused-ring (bicyclic) bond motifs is 1. The fourth-order valence-electron chi connectivity index (χ4n) is 4.91. The molecule has 1 fully saturated rings. The molecule has 0 bridgehead atoms. The maximum absolute atomic E-state index is 14.4. The topological polar surface area (TPSA) is 137 Å². The standard InChI is InChI=1S/C31H29N7O3/c1-18(35-28-24(17-34-31(32)37-28)29(39)36-21-11-12-21)25-15-20-7-6-10-23(19-13-14-33-26(16-19)41-2)27(20)30(40)38(25)22-8-4-3-5-9-22/h3-10,13-18,21H,11-12H2,1-2H3,(H,36,39)(H3,32,34,35,37). The van der Waals surface area contributed by atoms with Gasteiger partial charge in [-0.3, -0.25) is 14.2 Å². The number of aromatic nitrogens is 4. The molecule has 0 radical (unpaired) electrons. The van der Waals surface area contributed by atoms with Crippen LogP contribution in [0.5, 0.6) is 5.88 Å². The largest absolute Gasteiger partial charge is 0.481 e. The molecule has 1 saturated carbocycles. The summed E-state index contributed by atoms with van der Waals surface area (Å²) in [6.45, 7) is 1.92. The molecule has 10 nitrogen and oxygen atoms in total. The van der Waals surface area contributed by atoms with Crippen LogP contribution >= 0.6 is 0 Å². The lowest BCUT2D eigenvalue weighted by Gasteiger charge is -2.23. The predicted molar refractivity (Wildman–Crippen MR) is 158 cm³/mol. The van der Waals surface area contributed by atoms with Crippen molar-refractivity contribution in [1.29, 1.82) is 0 Å². The number of methoxy groups -OCH3 is 1. The van der Waals surface area contributed by atoms with Gasteiger partial charge >= 0.3 is 0 Å². The Balaban J connectivity index is 1.50. The molecule has 0 spiro atoms. The molecule has 0 saturated heterocycles. The molecular weight excluding hydrogens is 518 g/mol. The van der Waals surface area contributed by atoms with E-state index in [1.54, 1.807) is 17.9 Å². The molecule has 3 heterocycles. The van der Waals surface area contributed by atoms with E-state index in [0.717, 1.165) is 29.4 Å². The Kier molecular flexibility index (Phi) is 6.80. The van der Waals surface area contributed by atoms with Crippen molar-refractivity contribution in [2.75, 3.05) is 18.2 Å². The lowest BCUT2D eigenvalue weighted by atomic mass is 9.98. The number of amides is 1. The zero-order valence-corrected chi connectivity index (χ0v) is 22.7. The summed E-state index contributed by atoms with van der Waals surface area (Å²) in [5.41, 5.74) is 9.00. The van der Waals surface area contributed by atoms with E-state index in [1.807, 2.05) is 73.7 Å². The Morgan fingerprint density at radius 2 is 1.88 bits per heavy atom. The molecule has 2 aromatic carbocycles. The van der Waals surface area contributed by atoms with Crippen LogP contribution in [0.1, 0.15) is 41.9 Å². The molecule has 5 aromatic rings. The molecule has 1 amide bonds. The van der Waals surface area contributed by atoms with E-state index >= 15 is 0 Å². The van der Waals surface area contributed by atoms with Crippen molar-refractivity contribution >= 4 is 28.4 Å². The molecular formula is C31H29N7O3. The molecule has 0 aliphatic heterocycles. The second kappa shape index (κ2) is 10.7. The van der Waals surface area contributed by atoms with Crippen LogP contribution < -0.4 is 26.7 Å². The summed E-state index contributed by atoms with van der Waals surface area (Å²) < 4.78 is 7.02. The Labute approximate surface area is 236 Å². The predicted octanol–water partition coefficient (Wildman–Crippen LogP) is 4.50. The van der Waals surface area contributed by atoms with Crippen molar-refractivity contribution in [3.8, 4) is 22.7 Å². The van der Waals surface area contributed by atoms with Crippen LogP contribution in [0, 0.1) is 0 Å². The second-order valence-electron chi connectivity index (χ2n) is 10.0. The third-order valence-electron chi connectivity index (χ3n) is 7.11. The minimum absolute atomic E-state index is 0.0408. The van der Waals surface area contributed by atoms with Gasteiger partial charge in [-0.05, 0) is 60.5 Å². The highest BCUT2D eigenvalue weighted by atomic mass is 16.5. The zero-order chi connectivity index (χ0) is 28.5. The van der Waals surface area contributed by atoms with Gasteiger partial charge in [-0.2, -0.15) is 4.98 Å². The minimum Gasteiger partial charge on any atom is -0.481 e. The lowest BCUT2D eigenvalue weighted by molar-refractivity contribution is 0.0951. The summed E-state index contributed by atoms with van der Waals surface area (Å²) in [4.78, 5) is 39.9. The number of nitrogens with zero attached hydrogens (tertiary/aromatic N) is 4. The number of nitrogens with two attached hydrogens (primary N) is 1.